The molecule has 0 heterocycles. The molecule has 9 N–H and O–H groups in total. The van der Waals surface area contributed by atoms with Crippen LogP contribution in [0.25, 0.3) is 6.08 Å². The molecule has 14 aliphatic carbocycles. The zero-order valence-electron chi connectivity index (χ0n) is 43.5. The number of Topliss-reactive ketones (excluding diaryl/α,β-unsaturated/α-hetero) is 2. The average Bonchev–Trinajstić information content (AvgIpc) is 4.14. The number of carbonyl (C=O) groups is 3. The van der Waals surface area contributed by atoms with E-state index in [1.807, 2.05) is 18.2 Å². The smallest absolute Gasteiger partial charge is 0.331 e. The molecule has 75 heavy (non-hydrogen) atoms. The summed E-state index contributed by atoms with van der Waals surface area (Å²) in [4.78, 5) is 50.9. The maximum atomic E-state index is 17.1. The molecule has 1 aromatic rings. The van der Waals surface area contributed by atoms with E-state index in [9.17, 15) is 15.0 Å². The number of nitrogens with zero attached hydrogens (tertiary/aromatic N) is 1. The monoisotopic (exact) mass is 1010 g/mol. The summed E-state index contributed by atoms with van der Waals surface area (Å²) in [6.07, 6.45) is 21.2. The highest BCUT2D eigenvalue weighted by atomic mass is 16.4. The average molecular weight is 1010 g/mol. The van der Waals surface area contributed by atoms with Crippen LogP contribution in [-0.2, 0) is 20.8 Å². The van der Waals surface area contributed by atoms with Crippen LogP contribution >= 0.6 is 0 Å². The van der Waals surface area contributed by atoms with Crippen LogP contribution in [0.2, 0.25) is 0 Å². The number of aryl methyl sites for hydroxylation is 1. The van der Waals surface area contributed by atoms with E-state index in [2.05, 4.69) is 55.2 Å². The number of carboxylic acids is 1. The van der Waals surface area contributed by atoms with E-state index in [4.69, 9.17) is 16.5 Å². The van der Waals surface area contributed by atoms with E-state index >= 15 is 24.9 Å². The Kier molecular flexibility index (Phi) is 9.12. The van der Waals surface area contributed by atoms with Gasteiger partial charge in [0, 0.05) is 81.7 Å². The van der Waals surface area contributed by atoms with Crippen molar-refractivity contribution in [3.63, 3.8) is 0 Å². The predicted molar refractivity (Wildman–Crippen MR) is 282 cm³/mol. The second-order valence-corrected chi connectivity index (χ2v) is 26.6. The Bertz CT molecular complexity index is 3280. The number of aliphatic imine (C=N–C) groups is 1. The van der Waals surface area contributed by atoms with Gasteiger partial charge in [0.15, 0.2) is 11.7 Å². The van der Waals surface area contributed by atoms with Gasteiger partial charge < -0.3 is 37.0 Å². The fraction of sp³-hybridized carbons (Fsp3) is 0.594. The number of carbonyl (C=O) groups excluding carboxylic acids is 2. The lowest BCUT2D eigenvalue weighted by Gasteiger charge is -2.73. The van der Waals surface area contributed by atoms with Gasteiger partial charge in [0.25, 0.3) is 0 Å². The summed E-state index contributed by atoms with van der Waals surface area (Å²) in [5, 5.41) is 72.4. The molecule has 14 atom stereocenters. The summed E-state index contributed by atoms with van der Waals surface area (Å²) in [6, 6.07) is 8.46. The number of rotatable bonds is 4. The van der Waals surface area contributed by atoms with Crippen LogP contribution < -0.4 is 11.5 Å². The molecule has 4 spiro atoms. The Morgan fingerprint density at radius 3 is 2.44 bits per heavy atom. The second kappa shape index (κ2) is 14.5. The third-order valence-corrected chi connectivity index (χ3v) is 24.6. The van der Waals surface area contributed by atoms with Gasteiger partial charge in [0.05, 0.1) is 0 Å². The molecule has 14 aliphatic rings. The van der Waals surface area contributed by atoms with Gasteiger partial charge in [-0.2, -0.15) is 0 Å². The molecule has 0 amide bonds. The van der Waals surface area contributed by atoms with E-state index in [0.29, 0.717) is 99.3 Å². The minimum absolute atomic E-state index is 0.0359. The lowest BCUT2D eigenvalue weighted by atomic mass is 9.30. The fourth-order valence-corrected chi connectivity index (χ4v) is 22.7. The van der Waals surface area contributed by atoms with Gasteiger partial charge in [0.1, 0.15) is 33.7 Å². The number of aliphatic carboxylic acids is 1. The molecule has 0 unspecified atom stereocenters. The molecule has 1 aromatic carbocycles. The molecule has 0 aromatic heterocycles. The van der Waals surface area contributed by atoms with Crippen LogP contribution in [0, 0.1) is 68.5 Å². The molecule has 8 bridgehead atoms. The second-order valence-electron chi connectivity index (χ2n) is 26.6. The molecule has 6 fully saturated rings. The molecule has 390 valence electrons. The Labute approximate surface area is 439 Å². The minimum Gasteiger partial charge on any atom is -0.478 e. The lowest BCUT2D eigenvalue weighted by molar-refractivity contribution is -0.245. The van der Waals surface area contributed by atoms with Gasteiger partial charge in [-0.05, 0) is 128 Å². The Balaban J connectivity index is 1.16. The van der Waals surface area contributed by atoms with Crippen molar-refractivity contribution in [3.05, 3.63) is 110 Å². The number of benzene rings is 1. The Hall–Kier alpha value is -5.12. The van der Waals surface area contributed by atoms with Crippen molar-refractivity contribution in [3.8, 4) is 11.8 Å². The lowest BCUT2D eigenvalue weighted by Crippen LogP contribution is -2.79. The van der Waals surface area contributed by atoms with Crippen molar-refractivity contribution in [1.82, 2.24) is 0 Å². The van der Waals surface area contributed by atoms with Gasteiger partial charge in [-0.1, -0.05) is 112 Å². The summed E-state index contributed by atoms with van der Waals surface area (Å²) in [5.41, 5.74) is 5.25. The number of ketones is 2. The first-order chi connectivity index (χ1) is 35.8. The van der Waals surface area contributed by atoms with Crippen LogP contribution in [0.3, 0.4) is 0 Å². The van der Waals surface area contributed by atoms with E-state index in [1.54, 1.807) is 0 Å². The van der Waals surface area contributed by atoms with Crippen molar-refractivity contribution in [2.75, 3.05) is 0 Å². The van der Waals surface area contributed by atoms with Crippen molar-refractivity contribution < 1.29 is 39.9 Å². The van der Waals surface area contributed by atoms with Gasteiger partial charge in [-0.15, -0.1) is 11.8 Å². The number of allylic oxidation sites excluding steroid dienone is 4. The van der Waals surface area contributed by atoms with Crippen molar-refractivity contribution in [1.29, 1.82) is 0 Å². The molecule has 6 saturated carbocycles. The normalized spacial score (nSPS) is 47.7. The zero-order chi connectivity index (χ0) is 51.9. The number of nitrogens with two attached hydrogens (primary N) is 2. The molecule has 0 radical (unpaired) electrons. The van der Waals surface area contributed by atoms with E-state index in [-0.39, 0.29) is 60.3 Å². The summed E-state index contributed by atoms with van der Waals surface area (Å²) in [6.45, 7) is 3.63. The fourth-order valence-electron chi connectivity index (χ4n) is 22.7. The van der Waals surface area contributed by atoms with Crippen molar-refractivity contribution >= 4 is 29.6 Å². The molecule has 0 saturated heterocycles. The number of fused-ring (bicyclic) bond motifs is 3. The molecule has 15 rings (SSSR count). The maximum Gasteiger partial charge on any atom is 0.331 e. The summed E-state index contributed by atoms with van der Waals surface area (Å²) < 4.78 is 0. The largest absolute Gasteiger partial charge is 0.478 e. The van der Waals surface area contributed by atoms with Crippen LogP contribution in [-0.4, -0.2) is 77.0 Å². The summed E-state index contributed by atoms with van der Waals surface area (Å²) >= 11 is 0. The highest BCUT2D eigenvalue weighted by Gasteiger charge is 2.94. The Morgan fingerprint density at radius 2 is 1.65 bits per heavy atom. The molecular weight excluding hydrogens is 939 g/mol. The molecular formula is C64H71N3O8. The standard InChI is InChI=1S/C64H71N3O8/c1-35(53(70)71)42-21-28-58(67-54(65)66)29-30-59-49(37-14-6-7-15-37)64(58,75)63(42,74)43-20-19-39-32-41-33-60(72)47(40-18-17-36-13-5-8-16-38(36)31-40)51-55(2)23-9-3-12-26-61(62(41,73)50(59)46(39)43)52(60)48-44(68)34-57(59,61)25-11-4-10-24-56(48,51)27-22-45(55)69/h5,8,13,16,20,29-31,33,37,47,49-51,72-75H,4,6-7,10-12,14-15,17-19,21-28,32,34H2,1-2H3,(H,70,71)(H4,65,66,67)/b42-35+/t47-,49+,50+,51-,55-,56-,57-,58-,59+,60-,61+,62+,63+,64+/m1/s1. The number of aliphatic hydroxyl groups is 4. The van der Waals surface area contributed by atoms with Crippen molar-refractivity contribution in [2.24, 2.45) is 73.1 Å². The minimum atomic E-state index is -2.33. The van der Waals surface area contributed by atoms with E-state index < -0.39 is 84.7 Å². The maximum absolute atomic E-state index is 17.1. The molecule has 0 aliphatic heterocycles. The van der Waals surface area contributed by atoms with Gasteiger partial charge in [0.2, 0.25) is 0 Å². The predicted octanol–water partition coefficient (Wildman–Crippen LogP) is 8.12. The number of guanidine groups is 1. The SMILES string of the molecule is C/C(C(=O)O)=C1/CC[C@@]2(N=C(N)N)C=C[C@]34[C@H](C5CCCC5)[C@@]2(O)[C@@]1(O)C1=CCC2=C1[C@@H]3[C@@]1(O)C(=C[C@]3(O)C5=C6C(=O)C[C@]47CCCCC[C@@]64CCC(=O)[C@@](C)(CC#CCC[C@]571)[C@H]4[C@H]3C1=Cc3ccccc3CC1)C2. The quantitative estimate of drug-likeness (QED) is 0.0506. The van der Waals surface area contributed by atoms with E-state index in [0.717, 1.165) is 54.4 Å². The van der Waals surface area contributed by atoms with Crippen molar-refractivity contribution in [2.45, 2.75) is 177 Å². The first-order valence-corrected chi connectivity index (χ1v) is 28.7. The van der Waals surface area contributed by atoms with Crippen LogP contribution in [0.4, 0.5) is 0 Å². The van der Waals surface area contributed by atoms with Crippen LogP contribution in [0.5, 0.6) is 0 Å². The zero-order valence-corrected chi connectivity index (χ0v) is 43.5. The third kappa shape index (κ3) is 4.78. The number of carboxylic acid groups (broad SMARTS) is 1. The number of hydrogen-bond donors (Lipinski definition) is 7. The molecule has 11 nitrogen and oxygen atoms in total. The van der Waals surface area contributed by atoms with Gasteiger partial charge in [-0.3, -0.25) is 9.59 Å². The Morgan fingerprint density at radius 1 is 0.867 bits per heavy atom. The van der Waals surface area contributed by atoms with Gasteiger partial charge >= 0.3 is 5.97 Å². The van der Waals surface area contributed by atoms with Crippen LogP contribution in [0.15, 0.2) is 104 Å². The first-order valence-electron chi connectivity index (χ1n) is 28.7. The number of hydrogen-bond acceptors (Lipinski definition) is 8. The highest BCUT2D eigenvalue weighted by Crippen LogP contribution is 2.92. The van der Waals surface area contributed by atoms with E-state index in [1.165, 1.54) is 12.5 Å². The highest BCUT2D eigenvalue weighted by molar-refractivity contribution is 6.03. The van der Waals surface area contributed by atoms with Gasteiger partial charge in [-0.25, -0.2) is 9.79 Å². The topological polar surface area (TPSA) is 217 Å². The first kappa shape index (κ1) is 47.1. The molecule has 11 heteroatoms. The summed E-state index contributed by atoms with van der Waals surface area (Å²) in [5.74, 6) is 2.78. The van der Waals surface area contributed by atoms with Crippen LogP contribution in [0.1, 0.15) is 153 Å². The third-order valence-electron chi connectivity index (χ3n) is 24.6. The summed E-state index contributed by atoms with van der Waals surface area (Å²) in [7, 11) is 0.